The smallest absolute Gasteiger partial charge is 0.304 e. The molecule has 0 amide bonds. The van der Waals surface area contributed by atoms with Gasteiger partial charge in [0, 0.05) is 5.41 Å². The molecule has 0 aliphatic heterocycles. The molecule has 1 rings (SSSR count). The molecule has 0 saturated heterocycles. The first-order valence-corrected chi connectivity index (χ1v) is 3.63. The van der Waals surface area contributed by atoms with Crippen LogP contribution < -0.4 is 0 Å². The van der Waals surface area contributed by atoms with E-state index in [2.05, 4.69) is 6.58 Å². The van der Waals surface area contributed by atoms with Crippen LogP contribution >= 0.6 is 0 Å². The highest BCUT2D eigenvalue weighted by molar-refractivity contribution is 5.68. The van der Waals surface area contributed by atoms with Crippen molar-refractivity contribution in [3.05, 3.63) is 12.4 Å². The van der Waals surface area contributed by atoms with Gasteiger partial charge in [-0.1, -0.05) is 13.0 Å². The Morgan fingerprint density at radius 3 is 2.27 bits per heavy atom. The highest BCUT2D eigenvalue weighted by Crippen LogP contribution is 2.49. The van der Waals surface area contributed by atoms with E-state index in [1.54, 1.807) is 0 Å². The van der Waals surface area contributed by atoms with Crippen molar-refractivity contribution in [3.63, 3.8) is 0 Å². The van der Waals surface area contributed by atoms with Crippen LogP contribution in [0.25, 0.3) is 0 Å². The summed E-state index contributed by atoms with van der Waals surface area (Å²) in [6.45, 7) is 3.17. The molecule has 0 aromatic heterocycles. The molecule has 1 N–H and O–H groups in total. The van der Waals surface area contributed by atoms with Gasteiger partial charge in [-0.3, -0.25) is 4.79 Å². The summed E-state index contributed by atoms with van der Waals surface area (Å²) in [5, 5.41) is 8.46. The Balaban J connectivity index is 2.61. The summed E-state index contributed by atoms with van der Waals surface area (Å²) in [7, 11) is 0. The van der Waals surface area contributed by atoms with E-state index in [1.807, 2.05) is 0 Å². The van der Waals surface area contributed by atoms with Gasteiger partial charge in [0.1, 0.15) is 0 Å². The minimum Gasteiger partial charge on any atom is -0.481 e. The van der Waals surface area contributed by atoms with Crippen molar-refractivity contribution in [1.82, 2.24) is 0 Å². The van der Waals surface area contributed by atoms with Crippen LogP contribution in [0.3, 0.4) is 0 Å². The molecule has 0 aromatic carbocycles. The quantitative estimate of drug-likeness (QED) is 0.683. The number of carboxylic acids is 1. The molecule has 11 heavy (non-hydrogen) atoms. The van der Waals surface area contributed by atoms with E-state index in [4.69, 9.17) is 5.11 Å². The molecule has 0 radical (unpaired) electrons. The molecular formula is C8H11FO2. The second kappa shape index (κ2) is 2.64. The van der Waals surface area contributed by atoms with Gasteiger partial charge < -0.3 is 5.11 Å². The van der Waals surface area contributed by atoms with E-state index in [9.17, 15) is 9.18 Å². The normalized spacial score (nSPS) is 20.5. The van der Waals surface area contributed by atoms with Crippen molar-refractivity contribution in [2.45, 2.75) is 25.7 Å². The third kappa shape index (κ3) is 1.42. The molecule has 1 fully saturated rings. The zero-order valence-corrected chi connectivity index (χ0v) is 6.27. The van der Waals surface area contributed by atoms with Crippen LogP contribution in [0.15, 0.2) is 12.4 Å². The molecule has 0 aromatic rings. The first kappa shape index (κ1) is 8.24. The number of carbonyl (C=O) groups is 1. The topological polar surface area (TPSA) is 37.3 Å². The van der Waals surface area contributed by atoms with Gasteiger partial charge in [-0.2, -0.15) is 0 Å². The van der Waals surface area contributed by atoms with Crippen molar-refractivity contribution in [3.8, 4) is 0 Å². The molecule has 62 valence electrons. The summed E-state index contributed by atoms with van der Waals surface area (Å²) in [6, 6.07) is 0. The van der Waals surface area contributed by atoms with Crippen molar-refractivity contribution in [2.24, 2.45) is 5.41 Å². The Morgan fingerprint density at radius 1 is 1.64 bits per heavy atom. The predicted molar refractivity (Wildman–Crippen MR) is 38.8 cm³/mol. The average Bonchev–Trinajstić information content (AvgIpc) is 1.77. The van der Waals surface area contributed by atoms with Gasteiger partial charge in [0.2, 0.25) is 0 Å². The largest absolute Gasteiger partial charge is 0.481 e. The summed E-state index contributed by atoms with van der Waals surface area (Å²) < 4.78 is 12.7. The van der Waals surface area contributed by atoms with E-state index >= 15 is 0 Å². The molecule has 0 bridgehead atoms. The molecule has 0 atom stereocenters. The van der Waals surface area contributed by atoms with Crippen LogP contribution in [0.5, 0.6) is 0 Å². The van der Waals surface area contributed by atoms with Crippen molar-refractivity contribution in [1.29, 1.82) is 0 Å². The number of rotatable bonds is 3. The predicted octanol–water partition coefficient (Wildman–Crippen LogP) is 2.11. The van der Waals surface area contributed by atoms with Gasteiger partial charge in [0.05, 0.1) is 12.2 Å². The lowest BCUT2D eigenvalue weighted by Crippen LogP contribution is -2.32. The van der Waals surface area contributed by atoms with Crippen LogP contribution in [0, 0.1) is 5.41 Å². The molecule has 0 unspecified atom stereocenters. The maximum absolute atomic E-state index is 12.7. The fourth-order valence-electron chi connectivity index (χ4n) is 1.44. The second-order valence-electron chi connectivity index (χ2n) is 3.11. The minimum absolute atomic E-state index is 0.109. The zero-order chi connectivity index (χ0) is 8.48. The van der Waals surface area contributed by atoms with E-state index in [-0.39, 0.29) is 6.42 Å². The molecule has 0 heterocycles. The van der Waals surface area contributed by atoms with Crippen LogP contribution in [0.4, 0.5) is 4.39 Å². The molecule has 0 spiro atoms. The summed E-state index contributed by atoms with van der Waals surface area (Å²) in [6.07, 6.45) is 2.07. The summed E-state index contributed by atoms with van der Waals surface area (Å²) >= 11 is 0. The zero-order valence-electron chi connectivity index (χ0n) is 6.27. The maximum atomic E-state index is 12.7. The molecule has 3 heteroatoms. The Bertz CT molecular complexity index is 194. The van der Waals surface area contributed by atoms with Crippen molar-refractivity contribution < 1.29 is 14.3 Å². The minimum atomic E-state index is -0.941. The lowest BCUT2D eigenvalue weighted by Gasteiger charge is -2.38. The van der Waals surface area contributed by atoms with Crippen LogP contribution in [0.2, 0.25) is 0 Å². The van der Waals surface area contributed by atoms with Crippen LogP contribution in [0.1, 0.15) is 25.7 Å². The number of hydrogen-bond acceptors (Lipinski definition) is 1. The Morgan fingerprint density at radius 2 is 2.18 bits per heavy atom. The van der Waals surface area contributed by atoms with Gasteiger partial charge in [-0.15, -0.1) is 0 Å². The Labute approximate surface area is 64.7 Å². The van der Waals surface area contributed by atoms with Crippen molar-refractivity contribution in [2.75, 3.05) is 0 Å². The second-order valence-corrected chi connectivity index (χ2v) is 3.11. The number of halogens is 1. The third-order valence-electron chi connectivity index (χ3n) is 2.38. The number of hydrogen-bond donors (Lipinski definition) is 1. The van der Waals surface area contributed by atoms with Crippen molar-refractivity contribution >= 4 is 5.97 Å². The summed E-state index contributed by atoms with van der Waals surface area (Å²) in [4.78, 5) is 10.3. The maximum Gasteiger partial charge on any atom is 0.304 e. The van der Waals surface area contributed by atoms with E-state index in [0.717, 1.165) is 6.42 Å². The van der Waals surface area contributed by atoms with E-state index in [0.29, 0.717) is 12.8 Å². The lowest BCUT2D eigenvalue weighted by atomic mass is 9.66. The summed E-state index contributed by atoms with van der Waals surface area (Å²) in [5.74, 6) is -1.41. The number of carboxylic acid groups (broad SMARTS) is 1. The summed E-state index contributed by atoms with van der Waals surface area (Å²) in [5.41, 5.74) is -0.716. The number of aliphatic carboxylic acids is 1. The van der Waals surface area contributed by atoms with Gasteiger partial charge in [-0.25, -0.2) is 4.39 Å². The van der Waals surface area contributed by atoms with Gasteiger partial charge in [0.25, 0.3) is 0 Å². The molecular weight excluding hydrogens is 147 g/mol. The molecule has 1 aliphatic carbocycles. The fraction of sp³-hybridized carbons (Fsp3) is 0.625. The Kier molecular flexibility index (Phi) is 1.98. The van der Waals surface area contributed by atoms with E-state index in [1.165, 1.54) is 0 Å². The molecule has 2 nitrogen and oxygen atoms in total. The molecule has 1 saturated carbocycles. The van der Waals surface area contributed by atoms with E-state index < -0.39 is 17.2 Å². The third-order valence-corrected chi connectivity index (χ3v) is 2.38. The first-order valence-electron chi connectivity index (χ1n) is 3.63. The first-order chi connectivity index (χ1) is 5.07. The van der Waals surface area contributed by atoms with Gasteiger partial charge >= 0.3 is 5.97 Å². The number of allylic oxidation sites excluding steroid dienone is 1. The van der Waals surface area contributed by atoms with Gasteiger partial charge in [0.15, 0.2) is 0 Å². The van der Waals surface area contributed by atoms with Gasteiger partial charge in [-0.05, 0) is 12.8 Å². The van der Waals surface area contributed by atoms with Crippen LogP contribution in [-0.2, 0) is 4.79 Å². The van der Waals surface area contributed by atoms with Crippen LogP contribution in [-0.4, -0.2) is 11.1 Å². The molecule has 1 aliphatic rings. The Hall–Kier alpha value is -0.860. The monoisotopic (exact) mass is 158 g/mol. The average molecular weight is 158 g/mol. The fourth-order valence-corrected chi connectivity index (χ4v) is 1.44. The SMILES string of the molecule is C=C(F)C1(CC(=O)O)CCC1. The standard InChI is InChI=1S/C8H11FO2/c1-6(9)8(3-2-4-8)5-7(10)11/h1-5H2,(H,10,11). The highest BCUT2D eigenvalue weighted by Gasteiger charge is 2.42. The lowest BCUT2D eigenvalue weighted by molar-refractivity contribution is -0.140. The highest BCUT2D eigenvalue weighted by atomic mass is 19.1.